The summed E-state index contributed by atoms with van der Waals surface area (Å²) in [5, 5.41) is 5.73. The predicted molar refractivity (Wildman–Crippen MR) is 84.1 cm³/mol. The first-order valence-corrected chi connectivity index (χ1v) is 8.26. The van der Waals surface area contributed by atoms with Crippen LogP contribution in [0.1, 0.15) is 39.5 Å². The second kappa shape index (κ2) is 9.92. The fourth-order valence-corrected chi connectivity index (χ4v) is 2.61. The molecule has 4 nitrogen and oxygen atoms in total. The van der Waals surface area contributed by atoms with Gasteiger partial charge in [-0.05, 0) is 51.7 Å². The van der Waals surface area contributed by atoms with Gasteiger partial charge in [0.25, 0.3) is 0 Å². The lowest BCUT2D eigenvalue weighted by Crippen LogP contribution is -2.39. The Kier molecular flexibility index (Phi) is 8.60. The fraction of sp³-hybridized carbons (Fsp3) is 0.933. The Hall–Kier alpha value is -0.980. The van der Waals surface area contributed by atoms with Gasteiger partial charge >= 0.3 is 6.18 Å². The van der Waals surface area contributed by atoms with E-state index in [9.17, 15) is 13.2 Å². The minimum absolute atomic E-state index is 0.135. The Balaban J connectivity index is 2.27. The van der Waals surface area contributed by atoms with Crippen LogP contribution in [0, 0.1) is 5.92 Å². The number of alkyl halides is 3. The quantitative estimate of drug-likeness (QED) is 0.559. The summed E-state index contributed by atoms with van der Waals surface area (Å²) in [5.41, 5.74) is 0. The Morgan fingerprint density at radius 2 is 1.86 bits per heavy atom. The minimum atomic E-state index is -4.13. The highest BCUT2D eigenvalue weighted by atomic mass is 19.4. The van der Waals surface area contributed by atoms with E-state index < -0.39 is 12.6 Å². The molecule has 0 aromatic carbocycles. The van der Waals surface area contributed by atoms with Crippen LogP contribution in [-0.2, 0) is 0 Å². The van der Waals surface area contributed by atoms with Crippen molar-refractivity contribution < 1.29 is 13.2 Å². The second-order valence-electron chi connectivity index (χ2n) is 5.72. The SMILES string of the molecule is CCNC(=NCCC1CCN(CC)CC1)NCCC(F)(F)F. The van der Waals surface area contributed by atoms with Crippen molar-refractivity contribution in [2.45, 2.75) is 45.7 Å². The van der Waals surface area contributed by atoms with Gasteiger partial charge in [-0.15, -0.1) is 0 Å². The van der Waals surface area contributed by atoms with Gasteiger partial charge < -0.3 is 15.5 Å². The molecule has 130 valence electrons. The number of rotatable bonds is 7. The predicted octanol–water partition coefficient (Wildman–Crippen LogP) is 2.62. The smallest absolute Gasteiger partial charge is 0.357 e. The van der Waals surface area contributed by atoms with Gasteiger partial charge in [0.2, 0.25) is 0 Å². The lowest BCUT2D eigenvalue weighted by atomic mass is 9.94. The average molecular weight is 322 g/mol. The molecule has 0 saturated carbocycles. The Bertz CT molecular complexity index is 323. The normalized spacial score (nSPS) is 18.5. The molecule has 1 fully saturated rings. The first-order chi connectivity index (χ1) is 10.4. The third kappa shape index (κ3) is 8.46. The van der Waals surface area contributed by atoms with E-state index in [4.69, 9.17) is 0 Å². The van der Waals surface area contributed by atoms with E-state index in [0.717, 1.165) is 26.1 Å². The lowest BCUT2D eigenvalue weighted by molar-refractivity contribution is -0.132. The van der Waals surface area contributed by atoms with Gasteiger partial charge in [0.1, 0.15) is 0 Å². The number of piperidine rings is 1. The molecule has 1 saturated heterocycles. The van der Waals surface area contributed by atoms with Gasteiger partial charge in [0.15, 0.2) is 5.96 Å². The molecule has 1 aliphatic rings. The molecule has 0 atom stereocenters. The van der Waals surface area contributed by atoms with Crippen molar-refractivity contribution >= 4 is 5.96 Å². The summed E-state index contributed by atoms with van der Waals surface area (Å²) >= 11 is 0. The first kappa shape index (κ1) is 19.1. The van der Waals surface area contributed by atoms with Crippen molar-refractivity contribution in [1.29, 1.82) is 0 Å². The molecule has 0 unspecified atom stereocenters. The van der Waals surface area contributed by atoms with Crippen LogP contribution in [0.5, 0.6) is 0 Å². The zero-order chi connectivity index (χ0) is 16.4. The molecular formula is C15H29F3N4. The fourth-order valence-electron chi connectivity index (χ4n) is 2.61. The van der Waals surface area contributed by atoms with E-state index in [1.54, 1.807) is 0 Å². The number of halogens is 3. The van der Waals surface area contributed by atoms with Gasteiger partial charge in [-0.2, -0.15) is 13.2 Å². The van der Waals surface area contributed by atoms with E-state index in [1.165, 1.54) is 12.8 Å². The minimum Gasteiger partial charge on any atom is -0.357 e. The molecule has 0 spiro atoms. The second-order valence-corrected chi connectivity index (χ2v) is 5.72. The zero-order valence-electron chi connectivity index (χ0n) is 13.7. The summed E-state index contributed by atoms with van der Waals surface area (Å²) in [6, 6.07) is 0. The molecule has 1 heterocycles. The first-order valence-electron chi connectivity index (χ1n) is 8.26. The topological polar surface area (TPSA) is 39.7 Å². The number of hydrogen-bond acceptors (Lipinski definition) is 2. The highest BCUT2D eigenvalue weighted by Gasteiger charge is 2.26. The van der Waals surface area contributed by atoms with Crippen LogP contribution in [0.4, 0.5) is 13.2 Å². The van der Waals surface area contributed by atoms with Crippen LogP contribution in [0.25, 0.3) is 0 Å². The number of aliphatic imine (C=N–C) groups is 1. The number of nitrogens with one attached hydrogen (secondary N) is 2. The third-order valence-corrected chi connectivity index (χ3v) is 4.01. The maximum Gasteiger partial charge on any atom is 0.390 e. The average Bonchev–Trinajstić information content (AvgIpc) is 2.46. The maximum atomic E-state index is 12.1. The number of nitrogens with zero attached hydrogens (tertiary/aromatic N) is 2. The van der Waals surface area contributed by atoms with Crippen LogP contribution < -0.4 is 10.6 Å². The third-order valence-electron chi connectivity index (χ3n) is 4.01. The van der Waals surface area contributed by atoms with Crippen molar-refractivity contribution in [2.75, 3.05) is 39.3 Å². The molecule has 7 heteroatoms. The van der Waals surface area contributed by atoms with E-state index in [-0.39, 0.29) is 6.54 Å². The highest BCUT2D eigenvalue weighted by Crippen LogP contribution is 2.20. The molecule has 0 aromatic rings. The zero-order valence-corrected chi connectivity index (χ0v) is 13.7. The van der Waals surface area contributed by atoms with Gasteiger partial charge in [0.05, 0.1) is 6.42 Å². The van der Waals surface area contributed by atoms with Crippen molar-refractivity contribution in [3.8, 4) is 0 Å². The van der Waals surface area contributed by atoms with Crippen molar-refractivity contribution in [2.24, 2.45) is 10.9 Å². The maximum absolute atomic E-state index is 12.1. The molecule has 0 radical (unpaired) electrons. The lowest BCUT2D eigenvalue weighted by Gasteiger charge is -2.30. The molecule has 0 amide bonds. The molecule has 0 bridgehead atoms. The van der Waals surface area contributed by atoms with Gasteiger partial charge in [-0.1, -0.05) is 6.92 Å². The number of likely N-dealkylation sites (tertiary alicyclic amines) is 1. The molecule has 1 rings (SSSR count). The summed E-state index contributed by atoms with van der Waals surface area (Å²) in [7, 11) is 0. The summed E-state index contributed by atoms with van der Waals surface area (Å²) < 4.78 is 36.4. The van der Waals surface area contributed by atoms with E-state index in [2.05, 4.69) is 27.4 Å². The molecule has 2 N–H and O–H groups in total. The van der Waals surface area contributed by atoms with Gasteiger partial charge in [-0.25, -0.2) is 0 Å². The van der Waals surface area contributed by atoms with E-state index in [1.807, 2.05) is 6.92 Å². The number of guanidine groups is 1. The van der Waals surface area contributed by atoms with Crippen LogP contribution in [0.15, 0.2) is 4.99 Å². The molecule has 1 aliphatic heterocycles. The van der Waals surface area contributed by atoms with Gasteiger partial charge in [-0.3, -0.25) is 4.99 Å². The highest BCUT2D eigenvalue weighted by molar-refractivity contribution is 5.79. The summed E-state index contributed by atoms with van der Waals surface area (Å²) in [4.78, 5) is 6.83. The van der Waals surface area contributed by atoms with Crippen LogP contribution in [0.3, 0.4) is 0 Å². The molecule has 0 aliphatic carbocycles. The van der Waals surface area contributed by atoms with Crippen LogP contribution in [-0.4, -0.2) is 56.3 Å². The van der Waals surface area contributed by atoms with E-state index >= 15 is 0 Å². The van der Waals surface area contributed by atoms with Crippen molar-refractivity contribution in [1.82, 2.24) is 15.5 Å². The summed E-state index contributed by atoms with van der Waals surface area (Å²) in [5.74, 6) is 1.17. The van der Waals surface area contributed by atoms with E-state index in [0.29, 0.717) is 25.0 Å². The Labute approximate surface area is 131 Å². The summed E-state index contributed by atoms with van der Waals surface area (Å²) in [6.07, 6.45) is -1.57. The number of hydrogen-bond donors (Lipinski definition) is 2. The van der Waals surface area contributed by atoms with Gasteiger partial charge in [0, 0.05) is 19.6 Å². The van der Waals surface area contributed by atoms with Crippen molar-refractivity contribution in [3.05, 3.63) is 0 Å². The molecule has 0 aromatic heterocycles. The molecule has 22 heavy (non-hydrogen) atoms. The monoisotopic (exact) mass is 322 g/mol. The summed E-state index contributed by atoms with van der Waals surface area (Å²) in [6.45, 7) is 8.67. The van der Waals surface area contributed by atoms with Crippen molar-refractivity contribution in [3.63, 3.8) is 0 Å². The van der Waals surface area contributed by atoms with Crippen LogP contribution >= 0.6 is 0 Å². The molecular weight excluding hydrogens is 293 g/mol. The largest absolute Gasteiger partial charge is 0.390 e. The Morgan fingerprint density at radius 1 is 1.18 bits per heavy atom. The van der Waals surface area contributed by atoms with Crippen LogP contribution in [0.2, 0.25) is 0 Å². The Morgan fingerprint density at radius 3 is 2.41 bits per heavy atom. The standard InChI is InChI=1S/C15H29F3N4/c1-3-19-14(21-10-8-15(16,17)18)20-9-5-13-6-11-22(4-2)12-7-13/h13H,3-12H2,1-2H3,(H2,19,20,21).